The van der Waals surface area contributed by atoms with E-state index in [0.29, 0.717) is 5.56 Å². The Balaban J connectivity index is 3.04. The molecule has 0 spiro atoms. The highest BCUT2D eigenvalue weighted by Crippen LogP contribution is 2.18. The molecule has 0 unspecified atom stereocenters. The molecular formula is C7H8FNO3S. The van der Waals surface area contributed by atoms with Crippen LogP contribution in [0.5, 0.6) is 5.75 Å². The Bertz CT molecular complexity index is 416. The summed E-state index contributed by atoms with van der Waals surface area (Å²) in [5.74, 6) is -0.428. The highest BCUT2D eigenvalue weighted by molar-refractivity contribution is 7.84. The molecular weight excluding hydrogens is 197 g/mol. The van der Waals surface area contributed by atoms with E-state index in [1.165, 1.54) is 13.0 Å². The lowest BCUT2D eigenvalue weighted by Crippen LogP contribution is -2.19. The molecule has 0 bridgehead atoms. The standard InChI is InChI=1S/C7H8FNO3S/c1-5-4-6(8)2-3-7(5)12-13(9,10)11/h2-4H,1H3,(H2,9,10,11). The Morgan fingerprint density at radius 2 is 2.08 bits per heavy atom. The average Bonchev–Trinajstić information content (AvgIpc) is 1.93. The molecule has 0 atom stereocenters. The fraction of sp³-hybridized carbons (Fsp3) is 0.143. The van der Waals surface area contributed by atoms with E-state index in [0.717, 1.165) is 12.1 Å². The summed E-state index contributed by atoms with van der Waals surface area (Å²) in [5, 5.41) is 4.63. The van der Waals surface area contributed by atoms with Gasteiger partial charge >= 0.3 is 10.3 Å². The molecule has 0 aromatic heterocycles. The predicted molar refractivity (Wildman–Crippen MR) is 44.9 cm³/mol. The number of nitrogens with two attached hydrogens (primary N) is 1. The van der Waals surface area contributed by atoms with Crippen molar-refractivity contribution in [3.8, 4) is 5.75 Å². The van der Waals surface area contributed by atoms with Gasteiger partial charge in [-0.2, -0.15) is 13.6 Å². The maximum absolute atomic E-state index is 12.5. The first-order valence-corrected chi connectivity index (χ1v) is 4.84. The first-order chi connectivity index (χ1) is 5.88. The van der Waals surface area contributed by atoms with E-state index in [1.807, 2.05) is 0 Å². The topological polar surface area (TPSA) is 69.4 Å². The van der Waals surface area contributed by atoms with Gasteiger partial charge in [-0.1, -0.05) is 0 Å². The second kappa shape index (κ2) is 3.31. The van der Waals surface area contributed by atoms with Crippen LogP contribution < -0.4 is 9.32 Å². The third-order valence-corrected chi connectivity index (χ3v) is 1.75. The van der Waals surface area contributed by atoms with Crippen LogP contribution in [0.3, 0.4) is 0 Å². The zero-order valence-electron chi connectivity index (χ0n) is 6.82. The normalized spacial score (nSPS) is 11.3. The van der Waals surface area contributed by atoms with Crippen molar-refractivity contribution in [2.24, 2.45) is 5.14 Å². The van der Waals surface area contributed by atoms with Crippen molar-refractivity contribution < 1.29 is 17.0 Å². The Morgan fingerprint density at radius 1 is 1.46 bits per heavy atom. The Labute approximate surface area is 75.4 Å². The van der Waals surface area contributed by atoms with Gasteiger partial charge in [0, 0.05) is 0 Å². The van der Waals surface area contributed by atoms with Gasteiger partial charge in [-0.3, -0.25) is 0 Å². The van der Waals surface area contributed by atoms with Crippen molar-refractivity contribution in [2.75, 3.05) is 0 Å². The van der Waals surface area contributed by atoms with Crippen molar-refractivity contribution in [3.63, 3.8) is 0 Å². The van der Waals surface area contributed by atoms with Gasteiger partial charge in [0.05, 0.1) is 0 Å². The zero-order chi connectivity index (χ0) is 10.1. The fourth-order valence-corrected chi connectivity index (χ4v) is 1.27. The molecule has 0 radical (unpaired) electrons. The lowest BCUT2D eigenvalue weighted by atomic mass is 10.2. The van der Waals surface area contributed by atoms with Crippen LogP contribution in [0.4, 0.5) is 4.39 Å². The van der Waals surface area contributed by atoms with Gasteiger partial charge in [0.2, 0.25) is 0 Å². The largest absolute Gasteiger partial charge is 0.380 e. The van der Waals surface area contributed by atoms with Crippen LogP contribution in [0.15, 0.2) is 18.2 Å². The molecule has 13 heavy (non-hydrogen) atoms. The monoisotopic (exact) mass is 205 g/mol. The van der Waals surface area contributed by atoms with E-state index in [9.17, 15) is 12.8 Å². The van der Waals surface area contributed by atoms with Gasteiger partial charge in [-0.05, 0) is 30.7 Å². The summed E-state index contributed by atoms with van der Waals surface area (Å²) in [7, 11) is -4.03. The minimum Gasteiger partial charge on any atom is -0.371 e. The zero-order valence-corrected chi connectivity index (χ0v) is 7.64. The minimum atomic E-state index is -4.03. The van der Waals surface area contributed by atoms with Crippen LogP contribution in [-0.2, 0) is 10.3 Å². The van der Waals surface area contributed by atoms with Crippen LogP contribution >= 0.6 is 0 Å². The number of halogens is 1. The summed E-state index contributed by atoms with van der Waals surface area (Å²) in [6, 6.07) is 3.45. The summed E-state index contributed by atoms with van der Waals surface area (Å²) in [6.07, 6.45) is 0. The first-order valence-electron chi connectivity index (χ1n) is 3.37. The van der Waals surface area contributed by atoms with Crippen molar-refractivity contribution >= 4 is 10.3 Å². The quantitative estimate of drug-likeness (QED) is 0.773. The summed E-state index contributed by atoms with van der Waals surface area (Å²) in [4.78, 5) is 0. The van der Waals surface area contributed by atoms with Gasteiger partial charge in [0.1, 0.15) is 11.6 Å². The van der Waals surface area contributed by atoms with Gasteiger partial charge in [-0.15, -0.1) is 0 Å². The van der Waals surface area contributed by atoms with Gasteiger partial charge in [0.15, 0.2) is 0 Å². The molecule has 0 fully saturated rings. The van der Waals surface area contributed by atoms with E-state index in [-0.39, 0.29) is 5.75 Å². The number of hydrogen-bond donors (Lipinski definition) is 1. The molecule has 72 valence electrons. The minimum absolute atomic E-state index is 0.0314. The van der Waals surface area contributed by atoms with Crippen molar-refractivity contribution in [1.29, 1.82) is 0 Å². The number of aryl methyl sites for hydroxylation is 1. The molecule has 0 saturated heterocycles. The van der Waals surface area contributed by atoms with Gasteiger partial charge in [0.25, 0.3) is 0 Å². The third kappa shape index (κ3) is 3.00. The predicted octanol–water partition coefficient (Wildman–Crippen LogP) is 0.716. The molecule has 0 amide bonds. The smallest absolute Gasteiger partial charge is 0.371 e. The second-order valence-corrected chi connectivity index (χ2v) is 3.64. The number of rotatable bonds is 2. The van der Waals surface area contributed by atoms with Crippen LogP contribution in [0.25, 0.3) is 0 Å². The van der Waals surface area contributed by atoms with Crippen molar-refractivity contribution in [2.45, 2.75) is 6.92 Å². The molecule has 0 saturated carbocycles. The van der Waals surface area contributed by atoms with Crippen LogP contribution in [0.2, 0.25) is 0 Å². The van der Waals surface area contributed by atoms with E-state index in [1.54, 1.807) is 0 Å². The molecule has 1 aromatic carbocycles. The molecule has 6 heteroatoms. The highest BCUT2D eigenvalue weighted by atomic mass is 32.2. The number of benzene rings is 1. The first kappa shape index (κ1) is 9.94. The van der Waals surface area contributed by atoms with E-state index < -0.39 is 16.1 Å². The van der Waals surface area contributed by atoms with Crippen LogP contribution in [-0.4, -0.2) is 8.42 Å². The highest BCUT2D eigenvalue weighted by Gasteiger charge is 2.07. The molecule has 1 rings (SSSR count). The summed E-state index contributed by atoms with van der Waals surface area (Å²) in [5.41, 5.74) is 0.369. The third-order valence-electron chi connectivity index (χ3n) is 1.34. The number of hydrogen-bond acceptors (Lipinski definition) is 3. The van der Waals surface area contributed by atoms with Gasteiger partial charge < -0.3 is 4.18 Å². The average molecular weight is 205 g/mol. The Morgan fingerprint density at radius 3 is 2.54 bits per heavy atom. The maximum atomic E-state index is 12.5. The van der Waals surface area contributed by atoms with Crippen LogP contribution in [0.1, 0.15) is 5.56 Å². The molecule has 1 aromatic rings. The van der Waals surface area contributed by atoms with Gasteiger partial charge in [-0.25, -0.2) is 4.39 Å². The molecule has 0 aliphatic rings. The van der Waals surface area contributed by atoms with E-state index >= 15 is 0 Å². The molecule has 0 aliphatic heterocycles. The molecule has 4 nitrogen and oxygen atoms in total. The Kier molecular flexibility index (Phi) is 2.53. The van der Waals surface area contributed by atoms with E-state index in [4.69, 9.17) is 0 Å². The summed E-state index contributed by atoms with van der Waals surface area (Å²) < 4.78 is 37.9. The van der Waals surface area contributed by atoms with Crippen molar-refractivity contribution in [3.05, 3.63) is 29.6 Å². The van der Waals surface area contributed by atoms with E-state index in [2.05, 4.69) is 9.32 Å². The maximum Gasteiger partial charge on any atom is 0.380 e. The summed E-state index contributed by atoms with van der Waals surface area (Å²) in [6.45, 7) is 1.52. The molecule has 2 N–H and O–H groups in total. The summed E-state index contributed by atoms with van der Waals surface area (Å²) >= 11 is 0. The fourth-order valence-electron chi connectivity index (χ4n) is 0.831. The SMILES string of the molecule is Cc1cc(F)ccc1OS(N)(=O)=O. The molecule has 0 heterocycles. The lowest BCUT2D eigenvalue weighted by Gasteiger charge is -2.04. The lowest BCUT2D eigenvalue weighted by molar-refractivity contribution is 0.484. The second-order valence-electron chi connectivity index (χ2n) is 2.49. The van der Waals surface area contributed by atoms with Crippen LogP contribution in [0, 0.1) is 12.7 Å². The Hall–Kier alpha value is -1.14. The van der Waals surface area contributed by atoms with Crippen molar-refractivity contribution in [1.82, 2.24) is 0 Å². The molecule has 0 aliphatic carbocycles.